The fourth-order valence-corrected chi connectivity index (χ4v) is 4.55. The number of aromatic nitrogens is 2. The number of carbonyl (C=O) groups excluding carboxylic acids is 3. The van der Waals surface area contributed by atoms with Gasteiger partial charge in [0.25, 0.3) is 11.5 Å². The molecule has 2 heterocycles. The molecule has 0 aliphatic carbocycles. The van der Waals surface area contributed by atoms with Gasteiger partial charge in [-0.3, -0.25) is 38.5 Å². The fourth-order valence-electron chi connectivity index (χ4n) is 4.55. The average Bonchev–Trinajstić information content (AvgIpc) is 3.28. The van der Waals surface area contributed by atoms with Gasteiger partial charge >= 0.3 is 5.69 Å². The highest BCUT2D eigenvalue weighted by molar-refractivity contribution is 6.20. The van der Waals surface area contributed by atoms with E-state index in [1.54, 1.807) is 24.3 Å². The lowest BCUT2D eigenvalue weighted by Crippen LogP contribution is -2.41. The quantitative estimate of drug-likeness (QED) is 0.357. The molecule has 0 atom stereocenters. The Labute approximate surface area is 222 Å². The van der Waals surface area contributed by atoms with E-state index in [0.717, 1.165) is 16.0 Å². The van der Waals surface area contributed by atoms with Gasteiger partial charge in [-0.25, -0.2) is 4.79 Å². The van der Waals surface area contributed by atoms with E-state index in [9.17, 15) is 24.0 Å². The molecule has 0 unspecified atom stereocenters. The van der Waals surface area contributed by atoms with Crippen LogP contribution in [0.3, 0.4) is 0 Å². The van der Waals surface area contributed by atoms with Crippen molar-refractivity contribution in [3.05, 3.63) is 122 Å². The first kappa shape index (κ1) is 25.4. The van der Waals surface area contributed by atoms with Gasteiger partial charge in [0.15, 0.2) is 5.69 Å². The Hall–Kier alpha value is -5.25. The summed E-state index contributed by atoms with van der Waals surface area (Å²) in [4.78, 5) is 68.5. The van der Waals surface area contributed by atoms with Crippen LogP contribution in [-0.4, -0.2) is 27.3 Å². The normalized spacial score (nSPS) is 13.1. The number of H-pyrrole nitrogens is 1. The Bertz CT molecular complexity index is 1640. The van der Waals surface area contributed by atoms with Gasteiger partial charge < -0.3 is 5.73 Å². The Kier molecular flexibility index (Phi) is 6.92. The molecular weight excluding hydrogens is 498 g/mol. The summed E-state index contributed by atoms with van der Waals surface area (Å²) >= 11 is 0. The smallest absolute Gasteiger partial charge is 0.330 e. The lowest BCUT2D eigenvalue weighted by atomic mass is 10.1. The van der Waals surface area contributed by atoms with E-state index in [2.05, 4.69) is 4.98 Å². The topological polar surface area (TPSA) is 139 Å². The maximum atomic E-state index is 13.9. The number of nitrogens with two attached hydrogens (primary N) is 1. The number of aromatic amines is 1. The first-order valence-corrected chi connectivity index (χ1v) is 12.3. The van der Waals surface area contributed by atoms with Gasteiger partial charge in [-0.2, -0.15) is 0 Å². The van der Waals surface area contributed by atoms with E-state index in [1.165, 1.54) is 33.7 Å². The van der Waals surface area contributed by atoms with Gasteiger partial charge in [-0.1, -0.05) is 60.7 Å². The summed E-state index contributed by atoms with van der Waals surface area (Å²) in [5.41, 5.74) is 6.84. The van der Waals surface area contributed by atoms with E-state index >= 15 is 0 Å². The van der Waals surface area contributed by atoms with Crippen molar-refractivity contribution in [3.63, 3.8) is 0 Å². The zero-order chi connectivity index (χ0) is 27.5. The van der Waals surface area contributed by atoms with Crippen LogP contribution >= 0.6 is 0 Å². The molecule has 196 valence electrons. The maximum absolute atomic E-state index is 13.9. The molecule has 1 saturated heterocycles. The number of nitrogens with zero attached hydrogens (tertiary/aromatic N) is 3. The van der Waals surface area contributed by atoms with E-state index in [-0.39, 0.29) is 54.8 Å². The molecule has 3 amide bonds. The molecule has 3 N–H and O–H groups in total. The van der Waals surface area contributed by atoms with Crippen molar-refractivity contribution in [2.24, 2.45) is 0 Å². The van der Waals surface area contributed by atoms with Crippen molar-refractivity contribution >= 4 is 34.9 Å². The van der Waals surface area contributed by atoms with Gasteiger partial charge in [0.05, 0.1) is 18.8 Å². The van der Waals surface area contributed by atoms with Crippen LogP contribution in [-0.2, 0) is 22.7 Å². The summed E-state index contributed by atoms with van der Waals surface area (Å²) in [5.74, 6) is -1.30. The second-order valence-corrected chi connectivity index (χ2v) is 9.11. The molecule has 10 heteroatoms. The number of carbonyl (C=O) groups is 3. The number of imide groups is 1. The third-order valence-electron chi connectivity index (χ3n) is 6.52. The van der Waals surface area contributed by atoms with Crippen molar-refractivity contribution in [2.75, 3.05) is 15.5 Å². The minimum atomic E-state index is -0.795. The largest absolute Gasteiger partial charge is 0.383 e. The minimum absolute atomic E-state index is 0.00133. The average molecular weight is 524 g/mol. The molecule has 3 aromatic carbocycles. The van der Waals surface area contributed by atoms with Crippen molar-refractivity contribution in [2.45, 2.75) is 25.9 Å². The summed E-state index contributed by atoms with van der Waals surface area (Å²) in [6.45, 7) is 0.0938. The molecule has 10 nitrogen and oxygen atoms in total. The standard InChI is InChI=1S/C29H25N5O5/c30-26-25(27(37)31-29(39)33(26)18-20-9-5-2-6-10-20)32(17-19-7-3-1-4-8-19)28(38)21-11-13-22(14-12-21)34-23(35)15-16-24(34)36/h1-14H,15-18,30H2,(H,31,37,39). The number of rotatable bonds is 7. The summed E-state index contributed by atoms with van der Waals surface area (Å²) in [6.07, 6.45) is 0.288. The maximum Gasteiger partial charge on any atom is 0.330 e. The molecule has 4 aromatic rings. The number of nitrogens with one attached hydrogen (secondary N) is 1. The second kappa shape index (κ2) is 10.6. The number of benzene rings is 3. The zero-order valence-corrected chi connectivity index (χ0v) is 20.9. The van der Waals surface area contributed by atoms with Crippen LogP contribution in [0.25, 0.3) is 0 Å². The third kappa shape index (κ3) is 5.12. The zero-order valence-electron chi connectivity index (χ0n) is 20.9. The van der Waals surface area contributed by atoms with Gasteiger partial charge in [0.1, 0.15) is 5.82 Å². The molecule has 5 rings (SSSR count). The molecule has 0 radical (unpaired) electrons. The summed E-state index contributed by atoms with van der Waals surface area (Å²) in [7, 11) is 0. The third-order valence-corrected chi connectivity index (χ3v) is 6.52. The van der Waals surface area contributed by atoms with Crippen LogP contribution in [0.1, 0.15) is 34.3 Å². The highest BCUT2D eigenvalue weighted by Gasteiger charge is 2.31. The van der Waals surface area contributed by atoms with Crippen molar-refractivity contribution in [1.82, 2.24) is 9.55 Å². The van der Waals surface area contributed by atoms with Crippen LogP contribution in [0, 0.1) is 0 Å². The predicted molar refractivity (Wildman–Crippen MR) is 146 cm³/mol. The van der Waals surface area contributed by atoms with Crippen LogP contribution in [0.5, 0.6) is 0 Å². The number of amides is 3. The van der Waals surface area contributed by atoms with Crippen LogP contribution < -0.4 is 26.8 Å². The molecule has 39 heavy (non-hydrogen) atoms. The van der Waals surface area contributed by atoms with Crippen molar-refractivity contribution in [3.8, 4) is 0 Å². The molecule has 1 aliphatic rings. The molecule has 1 fully saturated rings. The Morgan fingerprint density at radius 1 is 0.795 bits per heavy atom. The van der Waals surface area contributed by atoms with Crippen LogP contribution in [0.4, 0.5) is 17.2 Å². The Morgan fingerprint density at radius 3 is 1.95 bits per heavy atom. The SMILES string of the molecule is Nc1c(N(Cc2ccccc2)C(=O)c2ccc(N3C(=O)CCC3=O)cc2)c(=O)[nH]c(=O)n1Cc1ccccc1. The Morgan fingerprint density at radius 2 is 1.36 bits per heavy atom. The van der Waals surface area contributed by atoms with Crippen LogP contribution in [0.15, 0.2) is 94.5 Å². The number of hydrogen-bond acceptors (Lipinski definition) is 6. The second-order valence-electron chi connectivity index (χ2n) is 9.11. The number of hydrogen-bond donors (Lipinski definition) is 2. The van der Waals surface area contributed by atoms with E-state index in [1.807, 2.05) is 36.4 Å². The summed E-state index contributed by atoms with van der Waals surface area (Å²) in [5, 5.41) is 0. The minimum Gasteiger partial charge on any atom is -0.383 e. The molecule has 1 aromatic heterocycles. The highest BCUT2D eigenvalue weighted by atomic mass is 16.2. The van der Waals surface area contributed by atoms with Gasteiger partial charge in [0.2, 0.25) is 11.8 Å². The molecule has 1 aliphatic heterocycles. The summed E-state index contributed by atoms with van der Waals surface area (Å²) < 4.78 is 1.21. The predicted octanol–water partition coefficient (Wildman–Crippen LogP) is 2.67. The molecule has 0 bridgehead atoms. The molecular formula is C29H25N5O5. The van der Waals surface area contributed by atoms with E-state index in [0.29, 0.717) is 5.69 Å². The van der Waals surface area contributed by atoms with Gasteiger partial charge in [-0.15, -0.1) is 0 Å². The first-order chi connectivity index (χ1) is 18.8. The van der Waals surface area contributed by atoms with E-state index in [4.69, 9.17) is 5.73 Å². The van der Waals surface area contributed by atoms with Crippen molar-refractivity contribution < 1.29 is 14.4 Å². The number of nitrogen functional groups attached to an aromatic ring is 1. The van der Waals surface area contributed by atoms with Gasteiger partial charge in [-0.05, 0) is 35.4 Å². The fraction of sp³-hybridized carbons (Fsp3) is 0.138. The lowest BCUT2D eigenvalue weighted by Gasteiger charge is -2.25. The molecule has 0 saturated carbocycles. The highest BCUT2D eigenvalue weighted by Crippen LogP contribution is 2.26. The van der Waals surface area contributed by atoms with E-state index < -0.39 is 17.2 Å². The van der Waals surface area contributed by atoms with Crippen molar-refractivity contribution in [1.29, 1.82) is 0 Å². The Balaban J connectivity index is 1.56. The van der Waals surface area contributed by atoms with Gasteiger partial charge in [0, 0.05) is 18.4 Å². The summed E-state index contributed by atoms with van der Waals surface area (Å²) in [6, 6.07) is 24.2. The first-order valence-electron chi connectivity index (χ1n) is 12.3. The monoisotopic (exact) mass is 523 g/mol. The lowest BCUT2D eigenvalue weighted by molar-refractivity contribution is -0.121. The molecule has 0 spiro atoms. The van der Waals surface area contributed by atoms with Crippen LogP contribution in [0.2, 0.25) is 0 Å². The number of anilines is 3.